The van der Waals surface area contributed by atoms with Crippen LogP contribution in [0, 0.1) is 0 Å². The summed E-state index contributed by atoms with van der Waals surface area (Å²) in [7, 11) is 3.49. The van der Waals surface area contributed by atoms with Crippen LogP contribution in [0.4, 0.5) is 0 Å². The van der Waals surface area contributed by atoms with E-state index in [0.29, 0.717) is 6.04 Å². The van der Waals surface area contributed by atoms with Gasteiger partial charge in [-0.3, -0.25) is 4.79 Å². The molecule has 0 heterocycles. The molecule has 1 aliphatic carbocycles. The number of carbonyl (C=O) groups is 1. The molecule has 1 fully saturated rings. The fourth-order valence-electron chi connectivity index (χ4n) is 1.87. The normalized spacial score (nSPS) is 17.0. The zero-order valence-corrected chi connectivity index (χ0v) is 11.1. The molecule has 5 nitrogen and oxygen atoms in total. The number of nitrogens with zero attached hydrogens (tertiary/aromatic N) is 2. The Labute approximate surface area is 104 Å². The van der Waals surface area contributed by atoms with E-state index in [9.17, 15) is 4.79 Å². The van der Waals surface area contributed by atoms with Gasteiger partial charge in [0.1, 0.15) is 6.54 Å². The van der Waals surface area contributed by atoms with E-state index in [1.807, 2.05) is 6.92 Å². The van der Waals surface area contributed by atoms with E-state index in [1.54, 1.807) is 19.0 Å². The van der Waals surface area contributed by atoms with Gasteiger partial charge in [0, 0.05) is 26.7 Å². The van der Waals surface area contributed by atoms with Gasteiger partial charge in [0.05, 0.1) is 0 Å². The first-order valence-electron chi connectivity index (χ1n) is 6.38. The Morgan fingerprint density at radius 2 is 2.00 bits per heavy atom. The van der Waals surface area contributed by atoms with Crippen LogP contribution in [0.1, 0.15) is 32.6 Å². The average Bonchev–Trinajstić information content (AvgIpc) is 2.78. The van der Waals surface area contributed by atoms with E-state index < -0.39 is 0 Å². The van der Waals surface area contributed by atoms with E-state index in [-0.39, 0.29) is 12.5 Å². The number of carbonyl (C=O) groups excluding carboxylic acids is 1. The van der Waals surface area contributed by atoms with Crippen LogP contribution in [0.15, 0.2) is 4.99 Å². The van der Waals surface area contributed by atoms with E-state index in [1.165, 1.54) is 25.7 Å². The van der Waals surface area contributed by atoms with Crippen molar-refractivity contribution in [3.05, 3.63) is 0 Å². The molecule has 1 rings (SSSR count). The Hall–Kier alpha value is -1.26. The summed E-state index contributed by atoms with van der Waals surface area (Å²) in [6.07, 6.45) is 4.97. The molecule has 0 aromatic heterocycles. The van der Waals surface area contributed by atoms with Gasteiger partial charge in [-0.15, -0.1) is 0 Å². The Kier molecular flexibility index (Phi) is 5.80. The number of hydrogen-bond acceptors (Lipinski definition) is 2. The van der Waals surface area contributed by atoms with Gasteiger partial charge in [0.15, 0.2) is 5.96 Å². The summed E-state index contributed by atoms with van der Waals surface area (Å²) in [5.41, 5.74) is 0. The van der Waals surface area contributed by atoms with Crippen LogP contribution in [0.5, 0.6) is 0 Å². The molecule has 1 amide bonds. The minimum absolute atomic E-state index is 0.0219. The van der Waals surface area contributed by atoms with Crippen LogP contribution in [-0.4, -0.2) is 50.0 Å². The summed E-state index contributed by atoms with van der Waals surface area (Å²) < 4.78 is 0. The Balaban J connectivity index is 2.45. The molecule has 0 unspecified atom stereocenters. The molecule has 0 radical (unpaired) electrons. The number of guanidine groups is 1. The van der Waals surface area contributed by atoms with Crippen molar-refractivity contribution in [1.29, 1.82) is 0 Å². The zero-order valence-electron chi connectivity index (χ0n) is 11.1. The molecule has 0 bridgehead atoms. The number of rotatable bonds is 4. The molecular formula is C12H24N4O. The van der Waals surface area contributed by atoms with Crippen molar-refractivity contribution in [3.63, 3.8) is 0 Å². The standard InChI is InChI=1S/C12H24N4O/c1-4-13-12(14-9-11(17)16(2)3)15-10-7-5-6-8-10/h10H,4-9H2,1-3H3,(H2,13,14,15). The van der Waals surface area contributed by atoms with Gasteiger partial charge in [-0.2, -0.15) is 0 Å². The summed E-state index contributed by atoms with van der Waals surface area (Å²) in [6.45, 7) is 3.05. The van der Waals surface area contributed by atoms with Crippen LogP contribution >= 0.6 is 0 Å². The van der Waals surface area contributed by atoms with Crippen molar-refractivity contribution in [2.24, 2.45) is 4.99 Å². The number of hydrogen-bond donors (Lipinski definition) is 2. The SMILES string of the molecule is CCNC(=NCC(=O)N(C)C)NC1CCCC1. The monoisotopic (exact) mass is 240 g/mol. The molecule has 0 aromatic carbocycles. The number of likely N-dealkylation sites (N-methyl/N-ethyl adjacent to an activating group) is 1. The quantitative estimate of drug-likeness (QED) is 0.558. The average molecular weight is 240 g/mol. The Morgan fingerprint density at radius 1 is 1.35 bits per heavy atom. The summed E-state index contributed by atoms with van der Waals surface area (Å²) in [5, 5.41) is 6.55. The first kappa shape index (κ1) is 13.8. The van der Waals surface area contributed by atoms with Crippen molar-refractivity contribution in [1.82, 2.24) is 15.5 Å². The Bertz CT molecular complexity index is 270. The fraction of sp³-hybridized carbons (Fsp3) is 0.833. The third-order valence-corrected chi connectivity index (χ3v) is 2.91. The van der Waals surface area contributed by atoms with Gasteiger partial charge in [-0.1, -0.05) is 12.8 Å². The lowest BCUT2D eigenvalue weighted by molar-refractivity contribution is -0.127. The van der Waals surface area contributed by atoms with E-state index >= 15 is 0 Å². The van der Waals surface area contributed by atoms with Crippen LogP contribution < -0.4 is 10.6 Å². The second-order valence-electron chi connectivity index (χ2n) is 4.61. The minimum atomic E-state index is 0.0219. The summed E-state index contributed by atoms with van der Waals surface area (Å²) in [4.78, 5) is 17.3. The summed E-state index contributed by atoms with van der Waals surface area (Å²) >= 11 is 0. The molecule has 0 spiro atoms. The highest BCUT2D eigenvalue weighted by molar-refractivity contribution is 5.84. The van der Waals surface area contributed by atoms with Crippen molar-refractivity contribution in [2.75, 3.05) is 27.2 Å². The van der Waals surface area contributed by atoms with E-state index in [0.717, 1.165) is 12.5 Å². The van der Waals surface area contributed by atoms with Crippen LogP contribution in [0.3, 0.4) is 0 Å². The Morgan fingerprint density at radius 3 is 2.53 bits per heavy atom. The largest absolute Gasteiger partial charge is 0.357 e. The lowest BCUT2D eigenvalue weighted by Gasteiger charge is -2.17. The molecule has 0 aromatic rings. The number of amides is 1. The van der Waals surface area contributed by atoms with Crippen LogP contribution in [-0.2, 0) is 4.79 Å². The molecule has 5 heteroatoms. The molecular weight excluding hydrogens is 216 g/mol. The highest BCUT2D eigenvalue weighted by Crippen LogP contribution is 2.17. The van der Waals surface area contributed by atoms with E-state index in [2.05, 4.69) is 15.6 Å². The fourth-order valence-corrected chi connectivity index (χ4v) is 1.87. The van der Waals surface area contributed by atoms with Gasteiger partial charge in [0.2, 0.25) is 5.91 Å². The van der Waals surface area contributed by atoms with Gasteiger partial charge in [-0.25, -0.2) is 4.99 Å². The molecule has 2 N–H and O–H groups in total. The maximum Gasteiger partial charge on any atom is 0.243 e. The van der Waals surface area contributed by atoms with Crippen LogP contribution in [0.2, 0.25) is 0 Å². The minimum Gasteiger partial charge on any atom is -0.357 e. The lowest BCUT2D eigenvalue weighted by Crippen LogP contribution is -2.43. The molecule has 17 heavy (non-hydrogen) atoms. The first-order chi connectivity index (χ1) is 8.13. The van der Waals surface area contributed by atoms with Gasteiger partial charge in [0.25, 0.3) is 0 Å². The number of aliphatic imine (C=N–C) groups is 1. The number of nitrogens with one attached hydrogen (secondary N) is 2. The van der Waals surface area contributed by atoms with Crippen molar-refractivity contribution in [3.8, 4) is 0 Å². The molecule has 98 valence electrons. The second-order valence-corrected chi connectivity index (χ2v) is 4.61. The maximum atomic E-state index is 11.5. The van der Waals surface area contributed by atoms with E-state index in [4.69, 9.17) is 0 Å². The van der Waals surface area contributed by atoms with Gasteiger partial charge < -0.3 is 15.5 Å². The molecule has 0 aliphatic heterocycles. The van der Waals surface area contributed by atoms with Crippen molar-refractivity contribution in [2.45, 2.75) is 38.6 Å². The molecule has 1 saturated carbocycles. The van der Waals surface area contributed by atoms with Crippen molar-refractivity contribution >= 4 is 11.9 Å². The molecule has 1 aliphatic rings. The summed E-state index contributed by atoms with van der Waals surface area (Å²) in [5.74, 6) is 0.781. The first-order valence-corrected chi connectivity index (χ1v) is 6.38. The predicted molar refractivity (Wildman–Crippen MR) is 70.1 cm³/mol. The third kappa shape index (κ3) is 5.06. The van der Waals surface area contributed by atoms with Crippen LogP contribution in [0.25, 0.3) is 0 Å². The predicted octanol–water partition coefficient (Wildman–Crippen LogP) is 0.572. The molecule has 0 atom stereocenters. The maximum absolute atomic E-state index is 11.5. The third-order valence-electron chi connectivity index (χ3n) is 2.91. The highest BCUT2D eigenvalue weighted by atomic mass is 16.2. The van der Waals surface area contributed by atoms with Gasteiger partial charge in [-0.05, 0) is 19.8 Å². The van der Waals surface area contributed by atoms with Gasteiger partial charge >= 0.3 is 0 Å². The smallest absolute Gasteiger partial charge is 0.243 e. The molecule has 0 saturated heterocycles. The second kappa shape index (κ2) is 7.14. The zero-order chi connectivity index (χ0) is 12.7. The van der Waals surface area contributed by atoms with Crippen molar-refractivity contribution < 1.29 is 4.79 Å². The highest BCUT2D eigenvalue weighted by Gasteiger charge is 2.16. The lowest BCUT2D eigenvalue weighted by atomic mass is 10.2. The topological polar surface area (TPSA) is 56.7 Å². The summed E-state index contributed by atoms with van der Waals surface area (Å²) in [6, 6.07) is 0.516.